The molecule has 1 aliphatic heterocycles. The summed E-state index contributed by atoms with van der Waals surface area (Å²) in [6.07, 6.45) is 1.26. The van der Waals surface area contributed by atoms with Crippen molar-refractivity contribution >= 4 is 11.6 Å². The smallest absolute Gasteiger partial charge is 0.0409 e. The quantitative estimate of drug-likeness (QED) is 0.901. The van der Waals surface area contributed by atoms with Crippen LogP contribution in [0, 0.1) is 0 Å². The van der Waals surface area contributed by atoms with Gasteiger partial charge >= 0.3 is 0 Å². The van der Waals surface area contributed by atoms with Gasteiger partial charge in [-0.25, -0.2) is 0 Å². The Balaban J connectivity index is 1.82. The minimum absolute atomic E-state index is 0.402. The Bertz CT molecular complexity index is 402. The zero-order valence-electron chi connectivity index (χ0n) is 12.6. The molecule has 0 radical (unpaired) electrons. The molecule has 1 fully saturated rings. The number of hydrogen-bond donors (Lipinski definition) is 1. The fourth-order valence-corrected chi connectivity index (χ4v) is 2.84. The van der Waals surface area contributed by atoms with Gasteiger partial charge in [0.25, 0.3) is 0 Å². The number of halogens is 1. The van der Waals surface area contributed by atoms with Gasteiger partial charge < -0.3 is 10.2 Å². The van der Waals surface area contributed by atoms with Gasteiger partial charge in [-0.2, -0.15) is 0 Å². The van der Waals surface area contributed by atoms with Gasteiger partial charge in [0.2, 0.25) is 0 Å². The van der Waals surface area contributed by atoms with Crippen LogP contribution in [0.3, 0.4) is 0 Å². The van der Waals surface area contributed by atoms with E-state index in [1.807, 2.05) is 12.1 Å². The molecule has 1 N–H and O–H groups in total. The molecule has 1 heterocycles. The van der Waals surface area contributed by atoms with Crippen LogP contribution in [-0.2, 0) is 0 Å². The Morgan fingerprint density at radius 2 is 2.20 bits per heavy atom. The van der Waals surface area contributed by atoms with Gasteiger partial charge in [-0.05, 0) is 51.2 Å². The first kappa shape index (κ1) is 15.8. The average Bonchev–Trinajstić information content (AvgIpc) is 2.72. The van der Waals surface area contributed by atoms with E-state index < -0.39 is 0 Å². The molecule has 1 aromatic carbocycles. The van der Waals surface area contributed by atoms with E-state index in [1.54, 1.807) is 0 Å². The molecular formula is C16H26ClN3. The first-order chi connectivity index (χ1) is 9.66. The molecule has 3 nitrogen and oxygen atoms in total. The van der Waals surface area contributed by atoms with E-state index in [0.717, 1.165) is 31.2 Å². The van der Waals surface area contributed by atoms with E-state index in [9.17, 15) is 0 Å². The van der Waals surface area contributed by atoms with E-state index in [0.29, 0.717) is 6.04 Å². The Hall–Kier alpha value is -0.610. The molecule has 112 valence electrons. The second kappa shape index (κ2) is 7.99. The largest absolute Gasteiger partial charge is 0.315 e. The number of rotatable bonds is 5. The lowest BCUT2D eigenvalue weighted by Crippen LogP contribution is -2.36. The maximum absolute atomic E-state index is 6.08. The van der Waals surface area contributed by atoms with Crippen molar-refractivity contribution in [3.63, 3.8) is 0 Å². The Kier molecular flexibility index (Phi) is 6.30. The summed E-state index contributed by atoms with van der Waals surface area (Å²) >= 11 is 6.08. The summed E-state index contributed by atoms with van der Waals surface area (Å²) < 4.78 is 0. The highest BCUT2D eigenvalue weighted by atomic mass is 35.5. The summed E-state index contributed by atoms with van der Waals surface area (Å²) in [5.41, 5.74) is 1.29. The maximum Gasteiger partial charge on any atom is 0.0409 e. The first-order valence-electron chi connectivity index (χ1n) is 7.55. The van der Waals surface area contributed by atoms with Gasteiger partial charge in [-0.15, -0.1) is 0 Å². The highest BCUT2D eigenvalue weighted by Crippen LogP contribution is 2.21. The number of likely N-dealkylation sites (N-methyl/N-ethyl adjacent to an activating group) is 1. The molecule has 1 aromatic rings. The molecule has 0 aliphatic carbocycles. The lowest BCUT2D eigenvalue weighted by atomic mass is 10.1. The van der Waals surface area contributed by atoms with Gasteiger partial charge in [0.1, 0.15) is 0 Å². The zero-order chi connectivity index (χ0) is 14.4. The fraction of sp³-hybridized carbons (Fsp3) is 0.625. The van der Waals surface area contributed by atoms with E-state index in [1.165, 1.54) is 25.1 Å². The molecule has 20 heavy (non-hydrogen) atoms. The standard InChI is InChI=1S/C16H26ClN3/c1-14(15-5-3-6-16(17)13-15)19(2)11-12-20-9-4-7-18-8-10-20/h3,5-6,13-14,18H,4,7-12H2,1-2H3. The number of hydrogen-bond acceptors (Lipinski definition) is 3. The van der Waals surface area contributed by atoms with Crippen molar-refractivity contribution in [1.82, 2.24) is 15.1 Å². The molecule has 0 amide bonds. The second-order valence-corrected chi connectivity index (χ2v) is 6.09. The summed E-state index contributed by atoms with van der Waals surface area (Å²) in [6.45, 7) is 9.14. The average molecular weight is 296 g/mol. The van der Waals surface area contributed by atoms with Crippen LogP contribution in [-0.4, -0.2) is 56.1 Å². The molecule has 4 heteroatoms. The topological polar surface area (TPSA) is 18.5 Å². The number of benzene rings is 1. The van der Waals surface area contributed by atoms with E-state index in [-0.39, 0.29) is 0 Å². The van der Waals surface area contributed by atoms with Crippen molar-refractivity contribution in [1.29, 1.82) is 0 Å². The molecule has 1 unspecified atom stereocenters. The van der Waals surface area contributed by atoms with Gasteiger partial charge in [0.15, 0.2) is 0 Å². The maximum atomic E-state index is 6.08. The highest BCUT2D eigenvalue weighted by Gasteiger charge is 2.14. The predicted octanol–water partition coefficient (Wildman–Crippen LogP) is 2.63. The SMILES string of the molecule is CC(c1cccc(Cl)c1)N(C)CCN1CCCNCC1. The van der Waals surface area contributed by atoms with Gasteiger partial charge in [0, 0.05) is 37.2 Å². The number of nitrogens with one attached hydrogen (secondary N) is 1. The van der Waals surface area contributed by atoms with Crippen molar-refractivity contribution in [3.8, 4) is 0 Å². The van der Waals surface area contributed by atoms with Crippen LogP contribution in [0.2, 0.25) is 5.02 Å². The van der Waals surface area contributed by atoms with E-state index >= 15 is 0 Å². The van der Waals surface area contributed by atoms with Crippen LogP contribution >= 0.6 is 11.6 Å². The van der Waals surface area contributed by atoms with E-state index in [4.69, 9.17) is 11.6 Å². The minimum atomic E-state index is 0.402. The summed E-state index contributed by atoms with van der Waals surface area (Å²) in [4.78, 5) is 4.96. The fourth-order valence-electron chi connectivity index (χ4n) is 2.64. The van der Waals surface area contributed by atoms with Crippen LogP contribution in [0.1, 0.15) is 24.9 Å². The normalized spacial score (nSPS) is 19.0. The van der Waals surface area contributed by atoms with Crippen molar-refractivity contribution in [2.24, 2.45) is 0 Å². The van der Waals surface area contributed by atoms with Gasteiger partial charge in [-0.3, -0.25) is 4.90 Å². The Morgan fingerprint density at radius 3 is 3.00 bits per heavy atom. The predicted molar refractivity (Wildman–Crippen MR) is 86.4 cm³/mol. The lowest BCUT2D eigenvalue weighted by molar-refractivity contribution is 0.203. The highest BCUT2D eigenvalue weighted by molar-refractivity contribution is 6.30. The Morgan fingerprint density at radius 1 is 1.35 bits per heavy atom. The van der Waals surface area contributed by atoms with E-state index in [2.05, 4.69) is 41.2 Å². The van der Waals surface area contributed by atoms with Gasteiger partial charge in [0.05, 0.1) is 0 Å². The molecule has 0 aromatic heterocycles. The summed E-state index contributed by atoms with van der Waals surface area (Å²) in [6, 6.07) is 8.59. The molecule has 2 rings (SSSR count). The Labute approximate surface area is 127 Å². The zero-order valence-corrected chi connectivity index (χ0v) is 13.4. The molecule has 1 saturated heterocycles. The molecule has 0 saturated carbocycles. The molecule has 0 spiro atoms. The van der Waals surface area contributed by atoms with Crippen LogP contribution in [0.4, 0.5) is 0 Å². The molecule has 1 atom stereocenters. The van der Waals surface area contributed by atoms with Crippen molar-refractivity contribution in [3.05, 3.63) is 34.9 Å². The second-order valence-electron chi connectivity index (χ2n) is 5.66. The molecule has 0 bridgehead atoms. The molecular weight excluding hydrogens is 270 g/mol. The minimum Gasteiger partial charge on any atom is -0.315 e. The van der Waals surface area contributed by atoms with Crippen LogP contribution in [0.5, 0.6) is 0 Å². The van der Waals surface area contributed by atoms with Crippen LogP contribution in [0.25, 0.3) is 0 Å². The third-order valence-electron chi connectivity index (χ3n) is 4.19. The number of nitrogens with zero attached hydrogens (tertiary/aromatic N) is 2. The monoisotopic (exact) mass is 295 g/mol. The third kappa shape index (κ3) is 4.74. The van der Waals surface area contributed by atoms with Crippen molar-refractivity contribution in [2.45, 2.75) is 19.4 Å². The summed E-state index contributed by atoms with van der Waals surface area (Å²) in [5.74, 6) is 0. The van der Waals surface area contributed by atoms with Gasteiger partial charge in [-0.1, -0.05) is 23.7 Å². The molecule has 1 aliphatic rings. The van der Waals surface area contributed by atoms with Crippen molar-refractivity contribution in [2.75, 3.05) is 46.3 Å². The first-order valence-corrected chi connectivity index (χ1v) is 7.93. The third-order valence-corrected chi connectivity index (χ3v) is 4.43. The summed E-state index contributed by atoms with van der Waals surface area (Å²) in [7, 11) is 2.20. The van der Waals surface area contributed by atoms with Crippen LogP contribution in [0.15, 0.2) is 24.3 Å². The summed E-state index contributed by atoms with van der Waals surface area (Å²) in [5, 5.41) is 4.27. The lowest BCUT2D eigenvalue weighted by Gasteiger charge is -2.28. The van der Waals surface area contributed by atoms with Crippen LogP contribution < -0.4 is 5.32 Å². The van der Waals surface area contributed by atoms with Crippen molar-refractivity contribution < 1.29 is 0 Å².